The van der Waals surface area contributed by atoms with Crippen LogP contribution in [0.1, 0.15) is 37.7 Å². The lowest BCUT2D eigenvalue weighted by molar-refractivity contribution is -0.138. The summed E-state index contributed by atoms with van der Waals surface area (Å²) in [6.07, 6.45) is 5.86. The summed E-state index contributed by atoms with van der Waals surface area (Å²) >= 11 is 5.30. The van der Waals surface area contributed by atoms with Gasteiger partial charge in [-0.15, -0.1) is 0 Å². The van der Waals surface area contributed by atoms with Crippen molar-refractivity contribution in [3.63, 3.8) is 0 Å². The smallest absolute Gasteiger partial charge is 0.240 e. The molecule has 1 heterocycles. The van der Waals surface area contributed by atoms with Crippen LogP contribution < -0.4 is 10.6 Å². The first-order valence-corrected chi connectivity index (χ1v) is 9.48. The Bertz CT molecular complexity index is 635. The molecule has 3 rings (SSSR count). The summed E-state index contributed by atoms with van der Waals surface area (Å²) < 4.78 is 0. The lowest BCUT2D eigenvalue weighted by Gasteiger charge is -2.41. The Morgan fingerprint density at radius 1 is 1.24 bits per heavy atom. The number of carbonyl (C=O) groups excluding carboxylic acids is 2. The number of carbonyl (C=O) groups is 2. The molecule has 25 heavy (non-hydrogen) atoms. The zero-order chi connectivity index (χ0) is 17.6. The maximum atomic E-state index is 12.6. The Kier molecular flexibility index (Phi) is 6.02. The highest BCUT2D eigenvalue weighted by molar-refractivity contribution is 7.80. The van der Waals surface area contributed by atoms with E-state index in [2.05, 4.69) is 22.8 Å². The van der Waals surface area contributed by atoms with Crippen LogP contribution in [0, 0.1) is 5.92 Å². The Hall–Kier alpha value is -1.95. The van der Waals surface area contributed by atoms with Gasteiger partial charge in [-0.1, -0.05) is 43.2 Å². The van der Waals surface area contributed by atoms with Crippen LogP contribution in [0.5, 0.6) is 0 Å². The summed E-state index contributed by atoms with van der Waals surface area (Å²) in [5.41, 5.74) is 1.26. The standard InChI is InChI=1S/C19H25N3O2S/c23-17(20-12-6-9-14-7-2-1-3-8-14)13-22-18(24)15-10-4-5-11-16(15)21-19(22)25/h1-3,7-8,15-16H,4-6,9-13H2,(H,20,23)(H,21,25). The van der Waals surface area contributed by atoms with Crippen LogP contribution in [0.25, 0.3) is 0 Å². The zero-order valence-corrected chi connectivity index (χ0v) is 15.2. The summed E-state index contributed by atoms with van der Waals surface area (Å²) in [5, 5.41) is 6.54. The first kappa shape index (κ1) is 17.9. The van der Waals surface area contributed by atoms with Crippen molar-refractivity contribution in [3.8, 4) is 0 Å². The fraction of sp³-hybridized carbons (Fsp3) is 0.526. The van der Waals surface area contributed by atoms with Gasteiger partial charge in [0.05, 0.1) is 5.92 Å². The lowest BCUT2D eigenvalue weighted by Crippen LogP contribution is -2.62. The molecule has 1 aliphatic carbocycles. The van der Waals surface area contributed by atoms with E-state index >= 15 is 0 Å². The van der Waals surface area contributed by atoms with E-state index in [1.807, 2.05) is 18.2 Å². The Balaban J connectivity index is 1.44. The van der Waals surface area contributed by atoms with Crippen molar-refractivity contribution < 1.29 is 9.59 Å². The molecule has 134 valence electrons. The first-order chi connectivity index (χ1) is 12.1. The fourth-order valence-corrected chi connectivity index (χ4v) is 3.96. The largest absolute Gasteiger partial charge is 0.359 e. The highest BCUT2D eigenvalue weighted by atomic mass is 32.1. The van der Waals surface area contributed by atoms with E-state index in [4.69, 9.17) is 12.2 Å². The molecule has 2 unspecified atom stereocenters. The molecular weight excluding hydrogens is 334 g/mol. The van der Waals surface area contributed by atoms with Gasteiger partial charge in [0.2, 0.25) is 11.8 Å². The van der Waals surface area contributed by atoms with E-state index in [1.165, 1.54) is 10.5 Å². The molecule has 0 aromatic heterocycles. The van der Waals surface area contributed by atoms with Gasteiger partial charge >= 0.3 is 0 Å². The van der Waals surface area contributed by atoms with Gasteiger partial charge in [0.15, 0.2) is 5.11 Å². The molecule has 0 radical (unpaired) electrons. The lowest BCUT2D eigenvalue weighted by atomic mass is 9.82. The third-order valence-electron chi connectivity index (χ3n) is 5.01. The normalized spacial score (nSPS) is 23.0. The molecule has 2 aliphatic rings. The van der Waals surface area contributed by atoms with Crippen molar-refractivity contribution in [1.82, 2.24) is 15.5 Å². The minimum absolute atomic E-state index is 0.00730. The van der Waals surface area contributed by atoms with E-state index in [0.29, 0.717) is 11.7 Å². The highest BCUT2D eigenvalue weighted by Crippen LogP contribution is 2.29. The Morgan fingerprint density at radius 3 is 2.80 bits per heavy atom. The molecule has 5 nitrogen and oxygen atoms in total. The molecular formula is C19H25N3O2S. The van der Waals surface area contributed by atoms with Gasteiger partial charge < -0.3 is 10.6 Å². The van der Waals surface area contributed by atoms with E-state index in [9.17, 15) is 9.59 Å². The maximum Gasteiger partial charge on any atom is 0.240 e. The molecule has 6 heteroatoms. The molecule has 2 fully saturated rings. The van der Waals surface area contributed by atoms with E-state index < -0.39 is 0 Å². The van der Waals surface area contributed by atoms with Crippen molar-refractivity contribution in [3.05, 3.63) is 35.9 Å². The van der Waals surface area contributed by atoms with Gasteiger partial charge in [0.25, 0.3) is 0 Å². The van der Waals surface area contributed by atoms with E-state index in [1.54, 1.807) is 0 Å². The quantitative estimate of drug-likeness (QED) is 0.603. The van der Waals surface area contributed by atoms with E-state index in [0.717, 1.165) is 38.5 Å². The number of benzene rings is 1. The van der Waals surface area contributed by atoms with Crippen molar-refractivity contribution in [2.24, 2.45) is 5.92 Å². The van der Waals surface area contributed by atoms with Crippen LogP contribution in [0.4, 0.5) is 0 Å². The first-order valence-electron chi connectivity index (χ1n) is 9.07. The number of fused-ring (bicyclic) bond motifs is 1. The number of rotatable bonds is 6. The molecule has 2 atom stereocenters. The van der Waals surface area contributed by atoms with Gasteiger partial charge in [0.1, 0.15) is 6.54 Å². The summed E-state index contributed by atoms with van der Waals surface area (Å²) in [5.74, 6) is -0.181. The fourth-order valence-electron chi connectivity index (χ4n) is 3.65. The van der Waals surface area contributed by atoms with Gasteiger partial charge in [-0.2, -0.15) is 0 Å². The number of aryl methyl sites for hydroxylation is 1. The highest BCUT2D eigenvalue weighted by Gasteiger charge is 2.40. The van der Waals surface area contributed by atoms with Crippen molar-refractivity contribution >= 4 is 29.1 Å². The predicted octanol–water partition coefficient (Wildman–Crippen LogP) is 2.01. The number of amides is 2. The molecule has 1 aromatic rings. The summed E-state index contributed by atoms with van der Waals surface area (Å²) in [4.78, 5) is 26.3. The van der Waals surface area contributed by atoms with Crippen LogP contribution in [-0.2, 0) is 16.0 Å². The number of hydrogen-bond donors (Lipinski definition) is 2. The van der Waals surface area contributed by atoms with Crippen LogP contribution in [-0.4, -0.2) is 41.0 Å². The SMILES string of the molecule is O=C(CN1C(=O)C2CCCCC2NC1=S)NCCCc1ccccc1. The van der Waals surface area contributed by atoms with Crippen LogP contribution in [0.3, 0.4) is 0 Å². The molecule has 2 N–H and O–H groups in total. The molecule has 1 saturated heterocycles. The minimum atomic E-state index is -0.153. The van der Waals surface area contributed by atoms with Gasteiger partial charge in [-0.25, -0.2) is 0 Å². The molecule has 1 saturated carbocycles. The van der Waals surface area contributed by atoms with Crippen LogP contribution >= 0.6 is 12.2 Å². The van der Waals surface area contributed by atoms with Crippen LogP contribution in [0.2, 0.25) is 0 Å². The molecule has 0 bridgehead atoms. The predicted molar refractivity (Wildman–Crippen MR) is 101 cm³/mol. The third kappa shape index (κ3) is 4.57. The van der Waals surface area contributed by atoms with Crippen molar-refractivity contribution in [2.45, 2.75) is 44.6 Å². The Morgan fingerprint density at radius 2 is 2.00 bits per heavy atom. The van der Waals surface area contributed by atoms with Crippen molar-refractivity contribution in [2.75, 3.05) is 13.1 Å². The zero-order valence-electron chi connectivity index (χ0n) is 14.4. The number of nitrogens with one attached hydrogen (secondary N) is 2. The molecule has 2 amide bonds. The molecule has 0 spiro atoms. The monoisotopic (exact) mass is 359 g/mol. The second kappa shape index (κ2) is 8.43. The van der Waals surface area contributed by atoms with Crippen LogP contribution in [0.15, 0.2) is 30.3 Å². The van der Waals surface area contributed by atoms with Crippen molar-refractivity contribution in [1.29, 1.82) is 0 Å². The average molecular weight is 359 g/mol. The number of nitrogens with zero attached hydrogens (tertiary/aromatic N) is 1. The Labute approximate surface area is 154 Å². The summed E-state index contributed by atoms with van der Waals surface area (Å²) in [6, 6.07) is 10.3. The second-order valence-electron chi connectivity index (χ2n) is 6.81. The van der Waals surface area contributed by atoms with Gasteiger partial charge in [-0.05, 0) is 43.5 Å². The van der Waals surface area contributed by atoms with Gasteiger partial charge in [-0.3, -0.25) is 14.5 Å². The van der Waals surface area contributed by atoms with Gasteiger partial charge in [0, 0.05) is 12.6 Å². The summed E-state index contributed by atoms with van der Waals surface area (Å²) in [7, 11) is 0. The molecule has 1 aromatic carbocycles. The number of hydrogen-bond acceptors (Lipinski definition) is 3. The third-order valence-corrected chi connectivity index (χ3v) is 5.35. The summed E-state index contributed by atoms with van der Waals surface area (Å²) in [6.45, 7) is 0.612. The van der Waals surface area contributed by atoms with E-state index in [-0.39, 0.29) is 30.3 Å². The second-order valence-corrected chi connectivity index (χ2v) is 7.20. The average Bonchev–Trinajstić information content (AvgIpc) is 2.63. The topological polar surface area (TPSA) is 61.4 Å². The number of thiocarbonyl (C=S) groups is 1. The molecule has 1 aliphatic heterocycles. The maximum absolute atomic E-state index is 12.6. The minimum Gasteiger partial charge on any atom is -0.359 e.